The molecule has 0 heterocycles. The molecule has 194 valence electrons. The van der Waals surface area contributed by atoms with Gasteiger partial charge in [0, 0.05) is 11.1 Å². The molecule has 0 aliphatic rings. The average molecular weight is 485 g/mol. The Balaban J connectivity index is -0.000000676. The maximum absolute atomic E-state index is 13.7. The zero-order chi connectivity index (χ0) is 27.5. The smallest absolute Gasteiger partial charge is 0.425 e. The van der Waals surface area contributed by atoms with Crippen LogP contribution < -0.4 is 0 Å². The van der Waals surface area contributed by atoms with Crippen LogP contribution in [0.1, 0.15) is 76.1 Å². The zero-order valence-corrected chi connectivity index (χ0v) is 21.8. The highest BCUT2D eigenvalue weighted by atomic mass is 19.4. The predicted octanol–water partition coefficient (Wildman–Crippen LogP) is 8.73. The van der Waals surface area contributed by atoms with Gasteiger partial charge in [-0.15, -0.1) is 19.7 Å². The normalized spacial score (nSPS) is 9.97. The Hall–Kier alpha value is -2.73. The lowest BCUT2D eigenvalue weighted by molar-refractivity contribution is -0.248. The zero-order valence-electron chi connectivity index (χ0n) is 21.8. The van der Waals surface area contributed by atoms with Gasteiger partial charge in [0.25, 0.3) is 0 Å². The van der Waals surface area contributed by atoms with Gasteiger partial charge in [-0.3, -0.25) is 0 Å². The van der Waals surface area contributed by atoms with E-state index in [0.29, 0.717) is 0 Å². The van der Waals surface area contributed by atoms with E-state index in [1.807, 2.05) is 19.9 Å². The van der Waals surface area contributed by atoms with Gasteiger partial charge in [-0.2, -0.15) is 13.2 Å². The highest BCUT2D eigenvalue weighted by Crippen LogP contribution is 2.47. The molecule has 0 aliphatic heterocycles. The molecule has 0 aromatic heterocycles. The number of allylic oxidation sites excluding steroid dienone is 1. The summed E-state index contributed by atoms with van der Waals surface area (Å²) in [7, 11) is 0. The van der Waals surface area contributed by atoms with E-state index in [9.17, 15) is 28.5 Å². The summed E-state index contributed by atoms with van der Waals surface area (Å²) in [6.07, 6.45) is 0.621. The Morgan fingerprint density at radius 3 is 1.26 bits per heavy atom. The molecule has 3 N–H and O–H groups in total. The summed E-state index contributed by atoms with van der Waals surface area (Å²) >= 11 is 0. The first kappa shape index (κ1) is 35.9. The van der Waals surface area contributed by atoms with E-state index in [4.69, 9.17) is 0 Å². The molecule has 0 radical (unpaired) electrons. The lowest BCUT2D eigenvalue weighted by Gasteiger charge is -2.34. The van der Waals surface area contributed by atoms with Gasteiger partial charge >= 0.3 is 6.18 Å². The fourth-order valence-corrected chi connectivity index (χ4v) is 2.56. The minimum atomic E-state index is -4.98. The van der Waals surface area contributed by atoms with Crippen molar-refractivity contribution >= 4 is 0 Å². The molecule has 0 spiro atoms. The summed E-state index contributed by atoms with van der Waals surface area (Å²) in [6, 6.07) is 6.59. The number of aryl methyl sites for hydroxylation is 2. The number of hydrogen-bond donors (Lipinski definition) is 3. The van der Waals surface area contributed by atoms with Crippen molar-refractivity contribution in [2.75, 3.05) is 0 Å². The van der Waals surface area contributed by atoms with Gasteiger partial charge in [0.1, 0.15) is 11.5 Å². The molecule has 3 nitrogen and oxygen atoms in total. The molecule has 0 atom stereocenters. The molecule has 34 heavy (non-hydrogen) atoms. The number of benzene rings is 2. The third kappa shape index (κ3) is 10.9. The summed E-state index contributed by atoms with van der Waals surface area (Å²) < 4.78 is 41.0. The molecule has 0 fully saturated rings. The topological polar surface area (TPSA) is 60.7 Å². The molecule has 0 bridgehead atoms. The monoisotopic (exact) mass is 484 g/mol. The molecule has 0 saturated heterocycles. The minimum Gasteiger partial charge on any atom is -0.508 e. The van der Waals surface area contributed by atoms with Crippen LogP contribution in [-0.2, 0) is 5.60 Å². The van der Waals surface area contributed by atoms with Crippen molar-refractivity contribution in [3.8, 4) is 11.5 Å². The number of hydrogen-bond acceptors (Lipinski definition) is 3. The Morgan fingerprint density at radius 2 is 1.09 bits per heavy atom. The molecular formula is C28H43F3O3. The molecule has 0 saturated carbocycles. The summed E-state index contributed by atoms with van der Waals surface area (Å²) in [5, 5.41) is 29.3. The third-order valence-corrected chi connectivity index (χ3v) is 4.40. The lowest BCUT2D eigenvalue weighted by Crippen LogP contribution is -2.44. The first-order chi connectivity index (χ1) is 15.9. The number of alkyl halides is 3. The fourth-order valence-electron chi connectivity index (χ4n) is 2.56. The van der Waals surface area contributed by atoms with Gasteiger partial charge in [0.05, 0.1) is 0 Å². The minimum absolute atomic E-state index is 0.104. The number of phenols is 2. The standard InChI is InChI=1S/C16H15F3O3.C4H10.C4H8.C2H6.C2H4/c1-9-7-11(20)3-5-13(9)15(22,16(17,18)19)14-6-4-12(21)8-10(14)2;2*1-3-4-2;2*1-2/h3-8,20-22H,1-2H3;3-4H2,1-2H3;3H,1,4H2,2H3;1-2H3;1-2H2. The molecule has 2 aromatic carbocycles. The van der Waals surface area contributed by atoms with Crippen molar-refractivity contribution in [3.05, 3.63) is 84.5 Å². The summed E-state index contributed by atoms with van der Waals surface area (Å²) in [4.78, 5) is 0. The number of rotatable bonds is 4. The molecule has 6 heteroatoms. The van der Waals surface area contributed by atoms with Crippen LogP contribution in [0.5, 0.6) is 11.5 Å². The van der Waals surface area contributed by atoms with Crippen LogP contribution in [0.25, 0.3) is 0 Å². The summed E-state index contributed by atoms with van der Waals surface area (Å²) in [5.74, 6) is -0.374. The quantitative estimate of drug-likeness (QED) is 0.380. The van der Waals surface area contributed by atoms with Gasteiger partial charge in [-0.25, -0.2) is 0 Å². The van der Waals surface area contributed by atoms with Crippen molar-refractivity contribution in [2.45, 2.75) is 79.5 Å². The first-order valence-corrected chi connectivity index (χ1v) is 11.4. The number of unbranched alkanes of at least 4 members (excludes halogenated alkanes) is 1. The SMILES string of the molecule is C=C.C=CCC.CC.CCCC.Cc1cc(O)ccc1C(O)(c1ccc(O)cc1C)C(F)(F)F. The van der Waals surface area contributed by atoms with Gasteiger partial charge in [-0.05, 0) is 55.7 Å². The van der Waals surface area contributed by atoms with Crippen LogP contribution in [0.4, 0.5) is 13.2 Å². The van der Waals surface area contributed by atoms with Gasteiger partial charge in [-0.1, -0.05) is 65.7 Å². The maximum Gasteiger partial charge on any atom is 0.425 e. The van der Waals surface area contributed by atoms with Gasteiger partial charge < -0.3 is 15.3 Å². The van der Waals surface area contributed by atoms with Crippen LogP contribution in [0.2, 0.25) is 0 Å². The largest absolute Gasteiger partial charge is 0.508 e. The number of phenolic OH excluding ortho intramolecular Hbond substituents is 2. The van der Waals surface area contributed by atoms with Crippen LogP contribution in [0.15, 0.2) is 62.2 Å². The maximum atomic E-state index is 13.7. The number of aliphatic hydroxyl groups is 1. The van der Waals surface area contributed by atoms with Crippen LogP contribution in [0, 0.1) is 13.8 Å². The van der Waals surface area contributed by atoms with Gasteiger partial charge in [0.15, 0.2) is 0 Å². The highest BCUT2D eigenvalue weighted by molar-refractivity contribution is 5.48. The lowest BCUT2D eigenvalue weighted by atomic mass is 9.81. The van der Waals surface area contributed by atoms with E-state index in [1.165, 1.54) is 26.7 Å². The Labute approximate surface area is 204 Å². The van der Waals surface area contributed by atoms with Crippen molar-refractivity contribution in [1.29, 1.82) is 0 Å². The van der Waals surface area contributed by atoms with Crippen molar-refractivity contribution in [3.63, 3.8) is 0 Å². The van der Waals surface area contributed by atoms with E-state index in [1.54, 1.807) is 0 Å². The Kier molecular flexibility index (Phi) is 19.7. The van der Waals surface area contributed by atoms with E-state index in [-0.39, 0.29) is 33.8 Å². The Bertz CT molecular complexity index is 762. The molecule has 0 amide bonds. The van der Waals surface area contributed by atoms with Crippen LogP contribution >= 0.6 is 0 Å². The Morgan fingerprint density at radius 1 is 0.794 bits per heavy atom. The molecule has 2 rings (SSSR count). The second kappa shape index (κ2) is 18.7. The summed E-state index contributed by atoms with van der Waals surface area (Å²) in [6.45, 7) is 22.7. The van der Waals surface area contributed by atoms with E-state index in [0.717, 1.165) is 42.8 Å². The van der Waals surface area contributed by atoms with Crippen LogP contribution in [0.3, 0.4) is 0 Å². The van der Waals surface area contributed by atoms with Crippen LogP contribution in [-0.4, -0.2) is 21.5 Å². The second-order valence-electron chi connectivity index (χ2n) is 6.90. The molecule has 2 aromatic rings. The second-order valence-corrected chi connectivity index (χ2v) is 6.90. The predicted molar refractivity (Wildman–Crippen MR) is 138 cm³/mol. The number of aromatic hydroxyl groups is 2. The fraction of sp³-hybridized carbons (Fsp3) is 0.429. The van der Waals surface area contributed by atoms with Crippen molar-refractivity contribution in [1.82, 2.24) is 0 Å². The van der Waals surface area contributed by atoms with Crippen molar-refractivity contribution in [2.24, 2.45) is 0 Å². The number of halogens is 3. The van der Waals surface area contributed by atoms with Gasteiger partial charge in [0.2, 0.25) is 5.60 Å². The first-order valence-electron chi connectivity index (χ1n) is 11.4. The van der Waals surface area contributed by atoms with E-state index < -0.39 is 11.8 Å². The molecular weight excluding hydrogens is 441 g/mol. The molecule has 0 aliphatic carbocycles. The van der Waals surface area contributed by atoms with E-state index >= 15 is 0 Å². The third-order valence-electron chi connectivity index (χ3n) is 4.40. The molecule has 0 unspecified atom stereocenters. The summed E-state index contributed by atoms with van der Waals surface area (Å²) in [5.41, 5.74) is -3.76. The van der Waals surface area contributed by atoms with E-state index in [2.05, 4.69) is 40.5 Å². The average Bonchev–Trinajstić information content (AvgIpc) is 2.81. The van der Waals surface area contributed by atoms with Crippen molar-refractivity contribution < 1.29 is 28.5 Å². The highest BCUT2D eigenvalue weighted by Gasteiger charge is 2.57.